The Morgan fingerprint density at radius 1 is 1.10 bits per heavy atom. The van der Waals surface area contributed by atoms with Crippen molar-refractivity contribution in [3.05, 3.63) is 59.7 Å². The molecule has 164 valence electrons. The minimum Gasteiger partial charge on any atom is -0.493 e. The average molecular weight is 432 g/mol. The highest BCUT2D eigenvalue weighted by molar-refractivity contribution is 6.02. The number of methoxy groups -OCH3 is 1. The molecule has 0 saturated heterocycles. The van der Waals surface area contributed by atoms with Crippen LogP contribution in [0.2, 0.25) is 0 Å². The van der Waals surface area contributed by atoms with E-state index < -0.39 is 12.6 Å². The summed E-state index contributed by atoms with van der Waals surface area (Å²) in [5.74, 6) is -0.811. The molecular formula is C22H22F2N2O5. The van der Waals surface area contributed by atoms with Crippen LogP contribution in [0.4, 0.5) is 8.78 Å². The first-order chi connectivity index (χ1) is 15.0. The summed E-state index contributed by atoms with van der Waals surface area (Å²) < 4.78 is 39.3. The molecule has 0 bridgehead atoms. The molecule has 0 spiro atoms. The Bertz CT molecular complexity index is 950. The number of ether oxygens (including phenoxy) is 3. The van der Waals surface area contributed by atoms with E-state index in [9.17, 15) is 18.4 Å². The van der Waals surface area contributed by atoms with Crippen molar-refractivity contribution in [2.24, 2.45) is 5.10 Å². The van der Waals surface area contributed by atoms with Gasteiger partial charge in [-0.15, -0.1) is 0 Å². The molecule has 1 heterocycles. The quantitative estimate of drug-likeness (QED) is 0.564. The SMILES string of the molecule is COc1cc(COC(=O)CCC(=O)N2CCC(c3ccccc3)=N2)ccc1OC(F)F. The zero-order valence-electron chi connectivity index (χ0n) is 16.9. The molecule has 1 aliphatic heterocycles. The number of carbonyl (C=O) groups excluding carboxylic acids is 2. The van der Waals surface area contributed by atoms with Gasteiger partial charge in [0, 0.05) is 12.8 Å². The lowest BCUT2D eigenvalue weighted by Crippen LogP contribution is -2.24. The van der Waals surface area contributed by atoms with E-state index in [1.807, 2.05) is 30.3 Å². The maximum Gasteiger partial charge on any atom is 0.387 e. The van der Waals surface area contributed by atoms with Gasteiger partial charge in [0.1, 0.15) is 6.61 Å². The monoisotopic (exact) mass is 432 g/mol. The van der Waals surface area contributed by atoms with Crippen molar-refractivity contribution < 1.29 is 32.6 Å². The molecule has 0 aromatic heterocycles. The second-order valence-electron chi connectivity index (χ2n) is 6.70. The standard InChI is InChI=1S/C22H22F2N2O5/c1-29-19-13-15(7-8-18(19)31-22(23)24)14-30-21(28)10-9-20(27)26-12-11-17(25-26)16-5-3-2-4-6-16/h2-8,13,22H,9-12,14H2,1H3. The normalized spacial score (nSPS) is 13.2. The van der Waals surface area contributed by atoms with Crippen molar-refractivity contribution in [3.8, 4) is 11.5 Å². The summed E-state index contributed by atoms with van der Waals surface area (Å²) in [6.45, 7) is -2.58. The Balaban J connectivity index is 1.46. The van der Waals surface area contributed by atoms with E-state index in [4.69, 9.17) is 9.47 Å². The van der Waals surface area contributed by atoms with Crippen LogP contribution in [0.15, 0.2) is 53.6 Å². The number of carbonyl (C=O) groups is 2. The van der Waals surface area contributed by atoms with Crippen LogP contribution < -0.4 is 9.47 Å². The number of nitrogens with zero attached hydrogens (tertiary/aromatic N) is 2. The third-order valence-corrected chi connectivity index (χ3v) is 4.58. The maximum atomic E-state index is 12.4. The van der Waals surface area contributed by atoms with Crippen LogP contribution >= 0.6 is 0 Å². The molecule has 2 aromatic carbocycles. The van der Waals surface area contributed by atoms with E-state index in [-0.39, 0.29) is 36.9 Å². The number of amides is 1. The fourth-order valence-corrected chi connectivity index (χ4v) is 3.04. The Hall–Kier alpha value is -3.49. The zero-order chi connectivity index (χ0) is 22.2. The van der Waals surface area contributed by atoms with E-state index in [1.54, 1.807) is 0 Å². The first kappa shape index (κ1) is 22.2. The lowest BCUT2D eigenvalue weighted by atomic mass is 10.1. The molecule has 0 fully saturated rings. The molecule has 9 heteroatoms. The molecular weight excluding hydrogens is 410 g/mol. The molecule has 1 amide bonds. The van der Waals surface area contributed by atoms with Gasteiger partial charge in [0.15, 0.2) is 11.5 Å². The van der Waals surface area contributed by atoms with Crippen molar-refractivity contribution in [2.45, 2.75) is 32.5 Å². The predicted molar refractivity (Wildman–Crippen MR) is 108 cm³/mol. The highest BCUT2D eigenvalue weighted by Crippen LogP contribution is 2.29. The Kier molecular flexibility index (Phi) is 7.53. The van der Waals surface area contributed by atoms with Gasteiger partial charge in [-0.1, -0.05) is 36.4 Å². The second-order valence-corrected chi connectivity index (χ2v) is 6.70. The van der Waals surface area contributed by atoms with Crippen molar-refractivity contribution in [3.63, 3.8) is 0 Å². The Morgan fingerprint density at radius 2 is 1.87 bits per heavy atom. The molecule has 0 saturated carbocycles. The molecule has 1 aliphatic rings. The molecule has 0 atom stereocenters. The van der Waals surface area contributed by atoms with E-state index in [2.05, 4.69) is 9.84 Å². The number of hydrogen-bond acceptors (Lipinski definition) is 6. The fourth-order valence-electron chi connectivity index (χ4n) is 3.04. The number of halogens is 2. The molecule has 0 radical (unpaired) electrons. The third-order valence-electron chi connectivity index (χ3n) is 4.58. The fraction of sp³-hybridized carbons (Fsp3) is 0.318. The number of esters is 1. The lowest BCUT2D eigenvalue weighted by Gasteiger charge is -2.12. The van der Waals surface area contributed by atoms with Crippen molar-refractivity contribution >= 4 is 17.6 Å². The summed E-state index contributed by atoms with van der Waals surface area (Å²) in [6.07, 6.45) is 0.553. The van der Waals surface area contributed by atoms with Crippen LogP contribution in [0.5, 0.6) is 11.5 Å². The number of alkyl halides is 2. The molecule has 31 heavy (non-hydrogen) atoms. The molecule has 3 rings (SSSR count). The van der Waals surface area contributed by atoms with Crippen LogP contribution in [0.1, 0.15) is 30.4 Å². The summed E-state index contributed by atoms with van der Waals surface area (Å²) in [6, 6.07) is 13.8. The van der Waals surface area contributed by atoms with Crippen LogP contribution in [-0.4, -0.2) is 42.9 Å². The van der Waals surface area contributed by atoms with Crippen molar-refractivity contribution in [1.29, 1.82) is 0 Å². The predicted octanol–water partition coefficient (Wildman–Crippen LogP) is 3.76. The minimum atomic E-state index is -2.97. The first-order valence-electron chi connectivity index (χ1n) is 9.67. The number of hydrogen-bond donors (Lipinski definition) is 0. The Labute approximate surface area is 178 Å². The molecule has 2 aromatic rings. The van der Waals surface area contributed by atoms with Gasteiger partial charge in [-0.3, -0.25) is 9.59 Å². The number of hydrazone groups is 1. The summed E-state index contributed by atoms with van der Waals surface area (Å²) in [5.41, 5.74) is 2.34. The van der Waals surface area contributed by atoms with Crippen LogP contribution in [0.3, 0.4) is 0 Å². The maximum absolute atomic E-state index is 12.4. The van der Waals surface area contributed by atoms with E-state index in [1.165, 1.54) is 30.3 Å². The van der Waals surface area contributed by atoms with Crippen molar-refractivity contribution in [1.82, 2.24) is 5.01 Å². The number of rotatable bonds is 9. The van der Waals surface area contributed by atoms with Crippen molar-refractivity contribution in [2.75, 3.05) is 13.7 Å². The Morgan fingerprint density at radius 3 is 2.58 bits per heavy atom. The number of benzene rings is 2. The topological polar surface area (TPSA) is 77.4 Å². The van der Waals surface area contributed by atoms with E-state index in [0.29, 0.717) is 18.5 Å². The van der Waals surface area contributed by atoms with Crippen LogP contribution in [-0.2, 0) is 20.9 Å². The first-order valence-corrected chi connectivity index (χ1v) is 9.67. The van der Waals surface area contributed by atoms with E-state index >= 15 is 0 Å². The van der Waals surface area contributed by atoms with Crippen LogP contribution in [0.25, 0.3) is 0 Å². The van der Waals surface area contributed by atoms with Crippen LogP contribution in [0, 0.1) is 0 Å². The van der Waals surface area contributed by atoms with Gasteiger partial charge in [-0.25, -0.2) is 5.01 Å². The van der Waals surface area contributed by atoms with Gasteiger partial charge in [0.2, 0.25) is 5.91 Å². The van der Waals surface area contributed by atoms with Gasteiger partial charge in [0.25, 0.3) is 0 Å². The van der Waals surface area contributed by atoms with Gasteiger partial charge >= 0.3 is 12.6 Å². The summed E-state index contributed by atoms with van der Waals surface area (Å²) in [7, 11) is 1.32. The second kappa shape index (κ2) is 10.5. The third kappa shape index (κ3) is 6.24. The highest BCUT2D eigenvalue weighted by Gasteiger charge is 2.22. The molecule has 7 nitrogen and oxygen atoms in total. The van der Waals surface area contributed by atoms with Gasteiger partial charge in [-0.05, 0) is 23.3 Å². The lowest BCUT2D eigenvalue weighted by molar-refractivity contribution is -0.147. The highest BCUT2D eigenvalue weighted by atomic mass is 19.3. The largest absolute Gasteiger partial charge is 0.493 e. The summed E-state index contributed by atoms with van der Waals surface area (Å²) >= 11 is 0. The minimum absolute atomic E-state index is 0.0190. The summed E-state index contributed by atoms with van der Waals surface area (Å²) in [4.78, 5) is 24.3. The smallest absolute Gasteiger partial charge is 0.387 e. The molecule has 0 N–H and O–H groups in total. The van der Waals surface area contributed by atoms with Gasteiger partial charge in [-0.2, -0.15) is 13.9 Å². The average Bonchev–Trinajstić information content (AvgIpc) is 3.27. The summed E-state index contributed by atoms with van der Waals surface area (Å²) in [5, 5.41) is 5.72. The molecule has 0 aliphatic carbocycles. The van der Waals surface area contributed by atoms with Gasteiger partial charge in [0.05, 0.1) is 25.8 Å². The van der Waals surface area contributed by atoms with Gasteiger partial charge < -0.3 is 14.2 Å². The van der Waals surface area contributed by atoms with E-state index in [0.717, 1.165) is 11.3 Å². The molecule has 0 unspecified atom stereocenters. The zero-order valence-corrected chi connectivity index (χ0v) is 16.9.